The first kappa shape index (κ1) is 12.3. The highest BCUT2D eigenvalue weighted by Crippen LogP contribution is 2.32. The van der Waals surface area contributed by atoms with E-state index in [1.54, 1.807) is 0 Å². The number of nitrogens with two attached hydrogens (primary N) is 1. The first-order chi connectivity index (χ1) is 7.15. The zero-order valence-corrected chi connectivity index (χ0v) is 10.2. The van der Waals surface area contributed by atoms with E-state index in [2.05, 4.69) is 45.0 Å². The summed E-state index contributed by atoms with van der Waals surface area (Å²) in [6.07, 6.45) is 3.39. The normalized spacial score (nSPS) is 17.1. The van der Waals surface area contributed by atoms with E-state index in [-0.39, 0.29) is 5.54 Å². The van der Waals surface area contributed by atoms with Gasteiger partial charge in [-0.3, -0.25) is 0 Å². The van der Waals surface area contributed by atoms with E-state index >= 15 is 0 Å². The fourth-order valence-electron chi connectivity index (χ4n) is 2.28. The molecule has 0 bridgehead atoms. The molecule has 0 aromatic heterocycles. The summed E-state index contributed by atoms with van der Waals surface area (Å²) in [5.74, 6) is 0.537. The summed E-state index contributed by atoms with van der Waals surface area (Å²) in [6, 6.07) is 10.5. The molecule has 0 fully saturated rings. The molecule has 0 amide bonds. The molecule has 2 unspecified atom stereocenters. The SMILES string of the molecule is CCCC(C)C(N)(CC)c1ccccc1. The summed E-state index contributed by atoms with van der Waals surface area (Å²) in [5.41, 5.74) is 7.66. The Balaban J connectivity index is 2.94. The quantitative estimate of drug-likeness (QED) is 0.779. The van der Waals surface area contributed by atoms with Gasteiger partial charge in [-0.2, -0.15) is 0 Å². The second-order valence-electron chi connectivity index (χ2n) is 4.45. The van der Waals surface area contributed by atoms with Crippen LogP contribution in [-0.2, 0) is 5.54 Å². The zero-order chi connectivity index (χ0) is 11.3. The molecule has 15 heavy (non-hydrogen) atoms. The van der Waals surface area contributed by atoms with Crippen molar-refractivity contribution in [3.05, 3.63) is 35.9 Å². The zero-order valence-electron chi connectivity index (χ0n) is 10.2. The van der Waals surface area contributed by atoms with Crippen LogP contribution in [0.25, 0.3) is 0 Å². The number of benzene rings is 1. The van der Waals surface area contributed by atoms with Crippen LogP contribution in [0.5, 0.6) is 0 Å². The Morgan fingerprint density at radius 2 is 1.80 bits per heavy atom. The maximum atomic E-state index is 6.55. The van der Waals surface area contributed by atoms with Gasteiger partial charge in [0.2, 0.25) is 0 Å². The second-order valence-corrected chi connectivity index (χ2v) is 4.45. The maximum absolute atomic E-state index is 6.55. The average Bonchev–Trinajstić information content (AvgIpc) is 2.29. The van der Waals surface area contributed by atoms with Crippen molar-refractivity contribution < 1.29 is 0 Å². The third-order valence-electron chi connectivity index (χ3n) is 3.50. The Kier molecular flexibility index (Phi) is 4.34. The van der Waals surface area contributed by atoms with Crippen molar-refractivity contribution in [2.45, 2.75) is 45.6 Å². The van der Waals surface area contributed by atoms with Crippen LogP contribution in [0.3, 0.4) is 0 Å². The van der Waals surface area contributed by atoms with E-state index in [1.807, 2.05) is 6.07 Å². The van der Waals surface area contributed by atoms with E-state index < -0.39 is 0 Å². The van der Waals surface area contributed by atoms with Gasteiger partial charge in [-0.25, -0.2) is 0 Å². The highest BCUT2D eigenvalue weighted by Gasteiger charge is 2.30. The van der Waals surface area contributed by atoms with Crippen LogP contribution in [0.4, 0.5) is 0 Å². The highest BCUT2D eigenvalue weighted by molar-refractivity contribution is 5.24. The first-order valence-electron chi connectivity index (χ1n) is 5.99. The van der Waals surface area contributed by atoms with Gasteiger partial charge in [-0.1, -0.05) is 57.5 Å². The van der Waals surface area contributed by atoms with Crippen molar-refractivity contribution >= 4 is 0 Å². The lowest BCUT2D eigenvalue weighted by atomic mass is 9.76. The molecule has 0 saturated heterocycles. The number of hydrogen-bond donors (Lipinski definition) is 1. The van der Waals surface area contributed by atoms with Crippen molar-refractivity contribution in [1.29, 1.82) is 0 Å². The number of rotatable bonds is 5. The standard InChI is InChI=1S/C14H23N/c1-4-9-12(3)14(15,5-2)13-10-7-6-8-11-13/h6-8,10-12H,4-5,9,15H2,1-3H3. The lowest BCUT2D eigenvalue weighted by molar-refractivity contribution is 0.267. The predicted octanol–water partition coefficient (Wildman–Crippen LogP) is 3.69. The van der Waals surface area contributed by atoms with Gasteiger partial charge in [-0.05, 0) is 24.3 Å². The fourth-order valence-corrected chi connectivity index (χ4v) is 2.28. The van der Waals surface area contributed by atoms with Gasteiger partial charge in [0.25, 0.3) is 0 Å². The summed E-state index contributed by atoms with van der Waals surface area (Å²) < 4.78 is 0. The lowest BCUT2D eigenvalue weighted by Crippen LogP contribution is -2.42. The lowest BCUT2D eigenvalue weighted by Gasteiger charge is -2.35. The molecule has 0 spiro atoms. The minimum Gasteiger partial charge on any atom is -0.321 e. The fraction of sp³-hybridized carbons (Fsp3) is 0.571. The van der Waals surface area contributed by atoms with Gasteiger partial charge < -0.3 is 5.73 Å². The first-order valence-corrected chi connectivity index (χ1v) is 5.99. The highest BCUT2D eigenvalue weighted by atomic mass is 14.8. The molecule has 0 aliphatic rings. The third-order valence-corrected chi connectivity index (χ3v) is 3.50. The molecule has 0 radical (unpaired) electrons. The molecule has 84 valence electrons. The monoisotopic (exact) mass is 205 g/mol. The van der Waals surface area contributed by atoms with Gasteiger partial charge in [-0.15, -0.1) is 0 Å². The van der Waals surface area contributed by atoms with Crippen LogP contribution in [0.2, 0.25) is 0 Å². The van der Waals surface area contributed by atoms with Crippen LogP contribution in [-0.4, -0.2) is 0 Å². The molecule has 0 aliphatic heterocycles. The summed E-state index contributed by atoms with van der Waals surface area (Å²) in [6.45, 7) is 6.66. The molecule has 2 atom stereocenters. The van der Waals surface area contributed by atoms with Crippen molar-refractivity contribution in [3.8, 4) is 0 Å². The van der Waals surface area contributed by atoms with Crippen LogP contribution in [0.1, 0.15) is 45.6 Å². The van der Waals surface area contributed by atoms with Crippen molar-refractivity contribution in [1.82, 2.24) is 0 Å². The molecule has 0 heterocycles. The van der Waals surface area contributed by atoms with E-state index in [0.717, 1.165) is 6.42 Å². The van der Waals surface area contributed by atoms with Gasteiger partial charge in [0.1, 0.15) is 0 Å². The molecule has 1 rings (SSSR count). The number of hydrogen-bond acceptors (Lipinski definition) is 1. The van der Waals surface area contributed by atoms with E-state index in [0.29, 0.717) is 5.92 Å². The van der Waals surface area contributed by atoms with Crippen LogP contribution in [0, 0.1) is 5.92 Å². The molecule has 2 N–H and O–H groups in total. The van der Waals surface area contributed by atoms with E-state index in [9.17, 15) is 0 Å². The Hall–Kier alpha value is -0.820. The van der Waals surface area contributed by atoms with Crippen LogP contribution in [0.15, 0.2) is 30.3 Å². The van der Waals surface area contributed by atoms with E-state index in [4.69, 9.17) is 5.73 Å². The van der Waals surface area contributed by atoms with Crippen molar-refractivity contribution in [3.63, 3.8) is 0 Å². The van der Waals surface area contributed by atoms with Crippen LogP contribution < -0.4 is 5.73 Å². The average molecular weight is 205 g/mol. The smallest absolute Gasteiger partial charge is 0.0432 e. The Bertz CT molecular complexity index is 281. The minimum atomic E-state index is -0.155. The molecular weight excluding hydrogens is 182 g/mol. The molecule has 0 saturated carbocycles. The van der Waals surface area contributed by atoms with Crippen molar-refractivity contribution in [2.24, 2.45) is 11.7 Å². The Labute approximate surface area is 93.7 Å². The van der Waals surface area contributed by atoms with Crippen LogP contribution >= 0.6 is 0 Å². The second kappa shape index (κ2) is 5.32. The van der Waals surface area contributed by atoms with Gasteiger partial charge in [0.15, 0.2) is 0 Å². The summed E-state index contributed by atoms with van der Waals surface area (Å²) >= 11 is 0. The summed E-state index contributed by atoms with van der Waals surface area (Å²) in [5, 5.41) is 0. The Morgan fingerprint density at radius 3 is 2.27 bits per heavy atom. The molecule has 1 heteroatoms. The predicted molar refractivity (Wildman–Crippen MR) is 66.7 cm³/mol. The van der Waals surface area contributed by atoms with Gasteiger partial charge in [0.05, 0.1) is 0 Å². The topological polar surface area (TPSA) is 26.0 Å². The molecule has 0 aliphatic carbocycles. The third kappa shape index (κ3) is 2.60. The van der Waals surface area contributed by atoms with Gasteiger partial charge in [0, 0.05) is 5.54 Å². The molecule has 1 aromatic carbocycles. The van der Waals surface area contributed by atoms with Gasteiger partial charge >= 0.3 is 0 Å². The minimum absolute atomic E-state index is 0.155. The van der Waals surface area contributed by atoms with Crippen molar-refractivity contribution in [2.75, 3.05) is 0 Å². The molecule has 1 aromatic rings. The van der Waals surface area contributed by atoms with E-state index in [1.165, 1.54) is 18.4 Å². The summed E-state index contributed by atoms with van der Waals surface area (Å²) in [7, 11) is 0. The largest absolute Gasteiger partial charge is 0.321 e. The molecular formula is C14H23N. The summed E-state index contributed by atoms with van der Waals surface area (Å²) in [4.78, 5) is 0. The molecule has 1 nitrogen and oxygen atoms in total. The maximum Gasteiger partial charge on any atom is 0.0432 e. The Morgan fingerprint density at radius 1 is 1.20 bits per heavy atom.